The molecule has 0 fully saturated rings. The second-order valence-corrected chi connectivity index (χ2v) is 3.61. The number of halogens is 1. The third-order valence-corrected chi connectivity index (χ3v) is 2.06. The number of rotatable bonds is 2. The molecule has 1 N–H and O–H groups in total. The summed E-state index contributed by atoms with van der Waals surface area (Å²) in [4.78, 5) is 8.43. The molecule has 2 aromatic rings. The van der Waals surface area contributed by atoms with E-state index < -0.39 is 0 Å². The summed E-state index contributed by atoms with van der Waals surface area (Å²) in [5, 5.41) is 2.96. The van der Waals surface area contributed by atoms with Crippen LogP contribution in [0.25, 0.3) is 0 Å². The minimum Gasteiger partial charge on any atom is -0.324 e. The van der Waals surface area contributed by atoms with Gasteiger partial charge in [-0.3, -0.25) is 0 Å². The Kier molecular flexibility index (Phi) is 2.81. The summed E-state index contributed by atoms with van der Waals surface area (Å²) in [6, 6.07) is 8.09. The Morgan fingerprint density at radius 2 is 1.75 bits per heavy atom. The van der Waals surface area contributed by atoms with Crippen LogP contribution >= 0.6 is 0 Å². The van der Waals surface area contributed by atoms with E-state index in [0.717, 1.165) is 11.4 Å². The molecule has 1 heterocycles. The van der Waals surface area contributed by atoms with E-state index in [4.69, 9.17) is 0 Å². The SMILES string of the molecule is Cc1cc(C)nc(Nc2cccc(F)c2)n1. The summed E-state index contributed by atoms with van der Waals surface area (Å²) < 4.78 is 12.9. The summed E-state index contributed by atoms with van der Waals surface area (Å²) in [7, 11) is 0. The molecule has 0 aliphatic carbocycles. The first-order chi connectivity index (χ1) is 7.63. The zero-order valence-corrected chi connectivity index (χ0v) is 9.16. The lowest BCUT2D eigenvalue weighted by molar-refractivity contribution is 0.628. The third kappa shape index (κ3) is 2.53. The predicted octanol–water partition coefficient (Wildman–Crippen LogP) is 2.98. The van der Waals surface area contributed by atoms with Gasteiger partial charge in [-0.1, -0.05) is 6.07 Å². The van der Waals surface area contributed by atoms with Crippen LogP contribution in [0.1, 0.15) is 11.4 Å². The van der Waals surface area contributed by atoms with Gasteiger partial charge >= 0.3 is 0 Å². The Balaban J connectivity index is 2.27. The predicted molar refractivity (Wildman–Crippen MR) is 61.2 cm³/mol. The number of nitrogens with one attached hydrogen (secondary N) is 1. The topological polar surface area (TPSA) is 37.8 Å². The highest BCUT2D eigenvalue weighted by Gasteiger charge is 2.00. The lowest BCUT2D eigenvalue weighted by Gasteiger charge is -2.06. The van der Waals surface area contributed by atoms with E-state index >= 15 is 0 Å². The molecule has 0 bridgehead atoms. The Hall–Kier alpha value is -1.97. The summed E-state index contributed by atoms with van der Waals surface area (Å²) in [6.45, 7) is 3.79. The third-order valence-electron chi connectivity index (χ3n) is 2.06. The maximum atomic E-state index is 12.9. The number of hydrogen-bond donors (Lipinski definition) is 1. The van der Waals surface area contributed by atoms with Crippen LogP contribution in [0.5, 0.6) is 0 Å². The second-order valence-electron chi connectivity index (χ2n) is 3.61. The molecule has 0 saturated carbocycles. The summed E-state index contributed by atoms with van der Waals surface area (Å²) >= 11 is 0. The lowest BCUT2D eigenvalue weighted by Crippen LogP contribution is -1.99. The molecule has 0 aliphatic heterocycles. The van der Waals surface area contributed by atoms with Crippen LogP contribution in [0.2, 0.25) is 0 Å². The summed E-state index contributed by atoms with van der Waals surface area (Å²) in [5.41, 5.74) is 2.41. The zero-order valence-electron chi connectivity index (χ0n) is 9.16. The molecule has 0 saturated heterocycles. The van der Waals surface area contributed by atoms with Crippen molar-refractivity contribution in [1.82, 2.24) is 9.97 Å². The normalized spacial score (nSPS) is 10.2. The number of benzene rings is 1. The van der Waals surface area contributed by atoms with E-state index in [0.29, 0.717) is 11.6 Å². The smallest absolute Gasteiger partial charge is 0.227 e. The van der Waals surface area contributed by atoms with E-state index in [2.05, 4.69) is 15.3 Å². The van der Waals surface area contributed by atoms with E-state index in [-0.39, 0.29) is 5.82 Å². The van der Waals surface area contributed by atoms with Gasteiger partial charge in [-0.25, -0.2) is 14.4 Å². The average Bonchev–Trinajstić information content (AvgIpc) is 2.15. The van der Waals surface area contributed by atoms with E-state index in [1.165, 1.54) is 12.1 Å². The van der Waals surface area contributed by atoms with Crippen molar-refractivity contribution in [3.63, 3.8) is 0 Å². The van der Waals surface area contributed by atoms with Gasteiger partial charge in [0.05, 0.1) is 0 Å². The van der Waals surface area contributed by atoms with Crippen molar-refractivity contribution in [3.8, 4) is 0 Å². The Labute approximate surface area is 93.4 Å². The van der Waals surface area contributed by atoms with Crippen LogP contribution in [0.4, 0.5) is 16.0 Å². The van der Waals surface area contributed by atoms with Crippen LogP contribution in [0, 0.1) is 19.7 Å². The molecule has 0 aliphatic rings. The first-order valence-corrected chi connectivity index (χ1v) is 4.98. The number of hydrogen-bond acceptors (Lipinski definition) is 3. The molecule has 0 radical (unpaired) electrons. The lowest BCUT2D eigenvalue weighted by atomic mass is 10.3. The van der Waals surface area contributed by atoms with Crippen molar-refractivity contribution in [2.45, 2.75) is 13.8 Å². The Bertz CT molecular complexity index is 491. The highest BCUT2D eigenvalue weighted by molar-refractivity contribution is 5.53. The van der Waals surface area contributed by atoms with Crippen LogP contribution in [-0.4, -0.2) is 9.97 Å². The van der Waals surface area contributed by atoms with Gasteiger partial charge in [0.15, 0.2) is 0 Å². The van der Waals surface area contributed by atoms with Gasteiger partial charge < -0.3 is 5.32 Å². The number of aryl methyl sites for hydroxylation is 2. The van der Waals surface area contributed by atoms with Crippen molar-refractivity contribution in [3.05, 3.63) is 47.5 Å². The largest absolute Gasteiger partial charge is 0.324 e. The molecule has 82 valence electrons. The number of aromatic nitrogens is 2. The fourth-order valence-corrected chi connectivity index (χ4v) is 1.48. The highest BCUT2D eigenvalue weighted by Crippen LogP contribution is 2.14. The Morgan fingerprint density at radius 3 is 2.38 bits per heavy atom. The molecular formula is C12H12FN3. The van der Waals surface area contributed by atoms with E-state index in [1.54, 1.807) is 12.1 Å². The number of nitrogens with zero attached hydrogens (tertiary/aromatic N) is 2. The van der Waals surface area contributed by atoms with Gasteiger partial charge in [-0.05, 0) is 38.1 Å². The molecule has 0 amide bonds. The fourth-order valence-electron chi connectivity index (χ4n) is 1.48. The standard InChI is InChI=1S/C12H12FN3/c1-8-6-9(2)15-12(14-8)16-11-5-3-4-10(13)7-11/h3-7H,1-2H3,(H,14,15,16). The second kappa shape index (κ2) is 4.26. The molecule has 0 atom stereocenters. The molecule has 3 nitrogen and oxygen atoms in total. The molecule has 1 aromatic heterocycles. The highest BCUT2D eigenvalue weighted by atomic mass is 19.1. The van der Waals surface area contributed by atoms with Crippen LogP contribution in [-0.2, 0) is 0 Å². The fraction of sp³-hybridized carbons (Fsp3) is 0.167. The zero-order chi connectivity index (χ0) is 11.5. The van der Waals surface area contributed by atoms with Gasteiger partial charge in [0, 0.05) is 17.1 Å². The van der Waals surface area contributed by atoms with E-state index in [1.807, 2.05) is 19.9 Å². The van der Waals surface area contributed by atoms with Gasteiger partial charge in [-0.2, -0.15) is 0 Å². The van der Waals surface area contributed by atoms with Gasteiger partial charge in [0.2, 0.25) is 5.95 Å². The van der Waals surface area contributed by atoms with Crippen molar-refractivity contribution in [1.29, 1.82) is 0 Å². The Morgan fingerprint density at radius 1 is 1.06 bits per heavy atom. The quantitative estimate of drug-likeness (QED) is 0.840. The van der Waals surface area contributed by atoms with Crippen molar-refractivity contribution < 1.29 is 4.39 Å². The molecule has 16 heavy (non-hydrogen) atoms. The molecule has 2 rings (SSSR count). The van der Waals surface area contributed by atoms with Gasteiger partial charge in [-0.15, -0.1) is 0 Å². The minimum atomic E-state index is -0.283. The summed E-state index contributed by atoms with van der Waals surface area (Å²) in [5.74, 6) is 0.206. The maximum Gasteiger partial charge on any atom is 0.227 e. The molecule has 4 heteroatoms. The van der Waals surface area contributed by atoms with Crippen molar-refractivity contribution in [2.24, 2.45) is 0 Å². The maximum absolute atomic E-state index is 12.9. The van der Waals surface area contributed by atoms with E-state index in [9.17, 15) is 4.39 Å². The van der Waals surface area contributed by atoms with Gasteiger partial charge in [0.1, 0.15) is 5.82 Å². The molecular weight excluding hydrogens is 205 g/mol. The molecule has 0 unspecified atom stereocenters. The molecule has 0 spiro atoms. The first-order valence-electron chi connectivity index (χ1n) is 4.98. The summed E-state index contributed by atoms with van der Waals surface area (Å²) in [6.07, 6.45) is 0. The van der Waals surface area contributed by atoms with Crippen LogP contribution in [0.3, 0.4) is 0 Å². The minimum absolute atomic E-state index is 0.283. The van der Waals surface area contributed by atoms with Crippen molar-refractivity contribution >= 4 is 11.6 Å². The first kappa shape index (κ1) is 10.5. The van der Waals surface area contributed by atoms with Crippen LogP contribution in [0.15, 0.2) is 30.3 Å². The van der Waals surface area contributed by atoms with Crippen LogP contribution < -0.4 is 5.32 Å². The number of anilines is 2. The average molecular weight is 217 g/mol. The monoisotopic (exact) mass is 217 g/mol. The van der Waals surface area contributed by atoms with Gasteiger partial charge in [0.25, 0.3) is 0 Å². The van der Waals surface area contributed by atoms with Crippen molar-refractivity contribution in [2.75, 3.05) is 5.32 Å². The molecule has 1 aromatic carbocycles.